The highest BCUT2D eigenvalue weighted by Gasteiger charge is 2.22. The topological polar surface area (TPSA) is 71.1 Å². The van der Waals surface area contributed by atoms with Crippen LogP contribution >= 0.6 is 11.5 Å². The molecule has 2 rings (SSSR count). The van der Waals surface area contributed by atoms with Gasteiger partial charge in [0.25, 0.3) is 0 Å². The average molecular weight is 197 g/mol. The molecule has 0 unspecified atom stereocenters. The molecule has 1 aliphatic heterocycles. The van der Waals surface area contributed by atoms with Gasteiger partial charge in [0.2, 0.25) is 0 Å². The van der Waals surface area contributed by atoms with Crippen molar-refractivity contribution in [1.29, 1.82) is 0 Å². The monoisotopic (exact) mass is 197 g/mol. The van der Waals surface area contributed by atoms with E-state index in [2.05, 4.69) is 15.0 Å². The van der Waals surface area contributed by atoms with Crippen molar-refractivity contribution in [1.82, 2.24) is 9.69 Å². The zero-order chi connectivity index (χ0) is 9.42. The molecule has 0 spiro atoms. The molecule has 2 heterocycles. The first-order valence-electron chi connectivity index (χ1n) is 3.73. The lowest BCUT2D eigenvalue weighted by molar-refractivity contribution is 0.102. The van der Waals surface area contributed by atoms with Gasteiger partial charge in [-0.25, -0.2) is 4.79 Å². The van der Waals surface area contributed by atoms with Crippen LogP contribution in [0.5, 0.6) is 0 Å². The first-order chi connectivity index (χ1) is 6.18. The highest BCUT2D eigenvalue weighted by atomic mass is 32.1. The van der Waals surface area contributed by atoms with Crippen LogP contribution in [0.3, 0.4) is 0 Å². The molecular weight excluding hydrogens is 190 g/mol. The first kappa shape index (κ1) is 8.18. The maximum Gasteiger partial charge on any atom is 0.319 e. The number of amides is 2. The molecule has 0 aromatic carbocycles. The Morgan fingerprint density at radius 3 is 3.08 bits per heavy atom. The van der Waals surface area contributed by atoms with Crippen LogP contribution in [0.2, 0.25) is 0 Å². The van der Waals surface area contributed by atoms with Gasteiger partial charge in [0, 0.05) is 6.92 Å². The second kappa shape index (κ2) is 2.81. The number of hydrogen-bond acceptors (Lipinski definition) is 4. The summed E-state index contributed by atoms with van der Waals surface area (Å²) >= 11 is 1.12. The van der Waals surface area contributed by atoms with E-state index >= 15 is 0 Å². The molecule has 0 saturated carbocycles. The van der Waals surface area contributed by atoms with Crippen molar-refractivity contribution < 1.29 is 9.59 Å². The Morgan fingerprint density at radius 1 is 1.62 bits per heavy atom. The third-order valence-electron chi connectivity index (χ3n) is 1.74. The van der Waals surface area contributed by atoms with Crippen LogP contribution in [0.25, 0.3) is 0 Å². The fourth-order valence-corrected chi connectivity index (χ4v) is 1.88. The molecule has 0 aliphatic carbocycles. The summed E-state index contributed by atoms with van der Waals surface area (Å²) in [5, 5.41) is 5.14. The van der Waals surface area contributed by atoms with Gasteiger partial charge in [-0.3, -0.25) is 4.79 Å². The summed E-state index contributed by atoms with van der Waals surface area (Å²) in [6.07, 6.45) is 0. The van der Waals surface area contributed by atoms with Crippen molar-refractivity contribution in [3.63, 3.8) is 0 Å². The van der Waals surface area contributed by atoms with Crippen molar-refractivity contribution in [2.45, 2.75) is 13.5 Å². The van der Waals surface area contributed by atoms with Crippen molar-refractivity contribution in [3.8, 4) is 0 Å². The van der Waals surface area contributed by atoms with Crippen LogP contribution in [0.4, 0.5) is 10.5 Å². The normalized spacial score (nSPS) is 14.4. The van der Waals surface area contributed by atoms with Gasteiger partial charge in [-0.05, 0) is 11.5 Å². The minimum Gasteiger partial charge on any atom is -0.332 e. The van der Waals surface area contributed by atoms with Crippen LogP contribution < -0.4 is 10.6 Å². The third-order valence-corrected chi connectivity index (χ3v) is 2.72. The highest BCUT2D eigenvalue weighted by molar-refractivity contribution is 7.08. The molecule has 1 aliphatic rings. The van der Waals surface area contributed by atoms with Gasteiger partial charge in [0.15, 0.2) is 5.78 Å². The molecule has 13 heavy (non-hydrogen) atoms. The summed E-state index contributed by atoms with van der Waals surface area (Å²) < 4.78 is 4.06. The molecule has 2 N–H and O–H groups in total. The van der Waals surface area contributed by atoms with E-state index in [4.69, 9.17) is 0 Å². The summed E-state index contributed by atoms with van der Waals surface area (Å²) in [6, 6.07) is -0.282. The van der Waals surface area contributed by atoms with Gasteiger partial charge in [-0.15, -0.1) is 0 Å². The molecule has 68 valence electrons. The molecule has 0 saturated heterocycles. The first-order valence-corrected chi connectivity index (χ1v) is 4.50. The summed E-state index contributed by atoms with van der Waals surface area (Å²) in [5.74, 6) is -0.0686. The van der Waals surface area contributed by atoms with Gasteiger partial charge in [0.1, 0.15) is 4.88 Å². The van der Waals surface area contributed by atoms with Gasteiger partial charge in [-0.1, -0.05) is 0 Å². The molecule has 6 heteroatoms. The van der Waals surface area contributed by atoms with Crippen LogP contribution in [0.15, 0.2) is 0 Å². The zero-order valence-corrected chi connectivity index (χ0v) is 7.70. The number of carbonyl (C=O) groups excluding carboxylic acids is 2. The Hall–Kier alpha value is -1.43. The Balaban J connectivity index is 2.46. The molecule has 1 aromatic rings. The van der Waals surface area contributed by atoms with E-state index in [1.165, 1.54) is 6.92 Å². The largest absolute Gasteiger partial charge is 0.332 e. The molecule has 2 amide bonds. The number of Topliss-reactive ketones (excluding diaryl/α,β-unsaturated/α-hetero) is 1. The van der Waals surface area contributed by atoms with Gasteiger partial charge >= 0.3 is 6.03 Å². The predicted octanol–water partition coefficient (Wildman–Crippen LogP) is 0.981. The summed E-state index contributed by atoms with van der Waals surface area (Å²) in [4.78, 5) is 22.5. The molecule has 0 atom stereocenters. The quantitative estimate of drug-likeness (QED) is 0.659. The molecule has 0 radical (unpaired) electrons. The second-order valence-electron chi connectivity index (χ2n) is 2.70. The van der Waals surface area contributed by atoms with Crippen molar-refractivity contribution in [3.05, 3.63) is 10.6 Å². The molecule has 5 nitrogen and oxygen atoms in total. The average Bonchev–Trinajstić information content (AvgIpc) is 2.46. The molecule has 1 aromatic heterocycles. The van der Waals surface area contributed by atoms with E-state index in [-0.39, 0.29) is 11.8 Å². The van der Waals surface area contributed by atoms with Crippen LogP contribution in [-0.4, -0.2) is 16.2 Å². The summed E-state index contributed by atoms with van der Waals surface area (Å²) in [5.41, 5.74) is 1.30. The number of anilines is 1. The maximum absolute atomic E-state index is 11.1. The van der Waals surface area contributed by atoms with E-state index in [1.807, 2.05) is 0 Å². The van der Waals surface area contributed by atoms with Gasteiger partial charge in [-0.2, -0.15) is 4.37 Å². The Bertz CT molecular complexity index is 385. The van der Waals surface area contributed by atoms with E-state index in [9.17, 15) is 9.59 Å². The van der Waals surface area contributed by atoms with Crippen molar-refractivity contribution in [2.24, 2.45) is 0 Å². The Labute approximate surface area is 78.3 Å². The summed E-state index contributed by atoms with van der Waals surface area (Å²) in [6.45, 7) is 1.85. The molecular formula is C7H7N3O2S. The van der Waals surface area contributed by atoms with Crippen molar-refractivity contribution >= 4 is 29.0 Å². The van der Waals surface area contributed by atoms with Gasteiger partial charge < -0.3 is 10.6 Å². The molecule has 0 fully saturated rings. The number of nitrogens with one attached hydrogen (secondary N) is 2. The number of hydrogen-bond donors (Lipinski definition) is 2. The lowest BCUT2D eigenvalue weighted by atomic mass is 10.2. The number of aromatic nitrogens is 1. The number of fused-ring (bicyclic) bond motifs is 1. The number of nitrogens with zero attached hydrogens (tertiary/aromatic N) is 1. The number of urea groups is 1. The van der Waals surface area contributed by atoms with E-state index in [1.54, 1.807) is 0 Å². The fourth-order valence-electron chi connectivity index (χ4n) is 1.13. The second-order valence-corrected chi connectivity index (χ2v) is 3.47. The van der Waals surface area contributed by atoms with E-state index in [0.29, 0.717) is 17.1 Å². The summed E-state index contributed by atoms with van der Waals surface area (Å²) in [7, 11) is 0. The number of carbonyl (C=O) groups is 2. The predicted molar refractivity (Wildman–Crippen MR) is 48.0 cm³/mol. The lowest BCUT2D eigenvalue weighted by Gasteiger charge is -2.13. The molecule has 0 bridgehead atoms. The van der Waals surface area contributed by atoms with E-state index < -0.39 is 0 Å². The number of rotatable bonds is 1. The minimum absolute atomic E-state index is 0.0686. The zero-order valence-electron chi connectivity index (χ0n) is 6.88. The fraction of sp³-hybridized carbons (Fsp3) is 0.286. The SMILES string of the molecule is CC(=O)c1snc2c1NC(=O)NC2. The van der Waals surface area contributed by atoms with Crippen LogP contribution in [-0.2, 0) is 6.54 Å². The minimum atomic E-state index is -0.282. The standard InChI is InChI=1S/C7H7N3O2S/c1-3(11)6-5-4(10-13-6)2-8-7(12)9-5/h2H2,1H3,(H2,8,9,12). The third kappa shape index (κ3) is 1.29. The van der Waals surface area contributed by atoms with Crippen molar-refractivity contribution in [2.75, 3.05) is 5.32 Å². The highest BCUT2D eigenvalue weighted by Crippen LogP contribution is 2.27. The van der Waals surface area contributed by atoms with Gasteiger partial charge in [0.05, 0.1) is 17.9 Å². The lowest BCUT2D eigenvalue weighted by Crippen LogP contribution is -2.33. The van der Waals surface area contributed by atoms with Crippen LogP contribution in [0.1, 0.15) is 22.3 Å². The Morgan fingerprint density at radius 2 is 2.38 bits per heavy atom. The smallest absolute Gasteiger partial charge is 0.319 e. The van der Waals surface area contributed by atoms with Crippen LogP contribution in [0, 0.1) is 0 Å². The van der Waals surface area contributed by atoms with E-state index in [0.717, 1.165) is 17.2 Å². The number of ketones is 1. The Kier molecular flexibility index (Phi) is 1.77. The maximum atomic E-state index is 11.1.